The minimum absolute atomic E-state index is 0. The largest absolute Gasteiger partial charge is 1.00 e. The molecule has 12 nitrogen and oxygen atoms in total. The van der Waals surface area contributed by atoms with Gasteiger partial charge < -0.3 is 33.2 Å². The van der Waals surface area contributed by atoms with Gasteiger partial charge in [-0.2, -0.15) is 5.90 Å². The van der Waals surface area contributed by atoms with Crippen molar-refractivity contribution in [1.29, 1.82) is 0 Å². The van der Waals surface area contributed by atoms with Crippen molar-refractivity contribution in [3.63, 3.8) is 0 Å². The van der Waals surface area contributed by atoms with E-state index in [9.17, 15) is 25.9 Å². The van der Waals surface area contributed by atoms with Crippen molar-refractivity contribution in [1.82, 2.24) is 0 Å². The Morgan fingerprint density at radius 3 is 1.76 bits per heavy atom. The number of anilines is 2. The van der Waals surface area contributed by atoms with Crippen molar-refractivity contribution in [2.75, 3.05) is 61.7 Å². The fourth-order valence-corrected chi connectivity index (χ4v) is 5.97. The van der Waals surface area contributed by atoms with Crippen LogP contribution in [0.1, 0.15) is 36.8 Å². The van der Waals surface area contributed by atoms with Crippen molar-refractivity contribution in [2.45, 2.75) is 38.5 Å². The minimum atomic E-state index is -4.16. The molecule has 0 fully saturated rings. The maximum Gasteiger partial charge on any atom is 1.00 e. The quantitative estimate of drug-likeness (QED) is 0.143. The second-order valence-electron chi connectivity index (χ2n) is 9.66. The van der Waals surface area contributed by atoms with Crippen LogP contribution >= 0.6 is 0 Å². The standard InChI is InChI=1S/C13H20N2O5S.C13H19NO4S.2Na/c1-19-12-9-11-10(8-13(12)20-14)4-2-5-15(11)6-3-7-21(16,17)18;1-18-12-6-5-11-4-2-7-14(13(11)10-12)8-3-9-19(15,16)17;;/h8-9H,2-7,14H2,1H3,(H,16,17,18);5-6,10H,2-4,7-9H2,1H3,(H,15,16,17);;/q;;2*+1/p-2. The molecule has 16 heteroatoms. The second kappa shape index (κ2) is 18.3. The molecule has 0 spiro atoms. The first-order valence-corrected chi connectivity index (χ1v) is 16.2. The van der Waals surface area contributed by atoms with Crippen molar-refractivity contribution < 1.29 is 99.4 Å². The summed E-state index contributed by atoms with van der Waals surface area (Å²) in [6.45, 7) is 2.80. The van der Waals surface area contributed by atoms with Crippen LogP contribution in [0, 0.1) is 0 Å². The maximum absolute atomic E-state index is 10.7. The summed E-state index contributed by atoms with van der Waals surface area (Å²) in [6.07, 6.45) is 4.59. The monoisotopic (exact) mass is 645 g/mol. The normalized spacial score (nSPS) is 14.2. The molecule has 0 aromatic heterocycles. The van der Waals surface area contributed by atoms with Crippen LogP contribution in [-0.4, -0.2) is 77.8 Å². The Kier molecular flexibility index (Phi) is 17.1. The molecule has 2 aliphatic rings. The van der Waals surface area contributed by atoms with Gasteiger partial charge in [-0.1, -0.05) is 6.07 Å². The van der Waals surface area contributed by atoms with E-state index in [-0.39, 0.29) is 70.6 Å². The van der Waals surface area contributed by atoms with E-state index in [4.69, 9.17) is 20.2 Å². The smallest absolute Gasteiger partial charge is 0.748 e. The van der Waals surface area contributed by atoms with Gasteiger partial charge in [0, 0.05) is 61.2 Å². The van der Waals surface area contributed by atoms with E-state index in [1.807, 2.05) is 30.3 Å². The first kappa shape index (κ1) is 39.2. The summed E-state index contributed by atoms with van der Waals surface area (Å²) in [5.74, 6) is 6.37. The van der Waals surface area contributed by atoms with Gasteiger partial charge in [-0.3, -0.25) is 0 Å². The molecule has 2 heterocycles. The van der Waals surface area contributed by atoms with Crippen LogP contribution in [0.15, 0.2) is 30.3 Å². The molecule has 42 heavy (non-hydrogen) atoms. The fourth-order valence-electron chi connectivity index (χ4n) is 5.00. The molecule has 0 unspecified atom stereocenters. The predicted octanol–water partition coefficient (Wildman–Crippen LogP) is -3.97. The number of benzene rings is 2. The Balaban J connectivity index is 0.000000403. The summed E-state index contributed by atoms with van der Waals surface area (Å²) >= 11 is 0. The molecule has 4 rings (SSSR count). The van der Waals surface area contributed by atoms with Crippen LogP contribution in [0.4, 0.5) is 11.4 Å². The number of hydrogen-bond acceptors (Lipinski definition) is 12. The number of methoxy groups -OCH3 is 2. The molecule has 0 atom stereocenters. The first-order valence-electron chi connectivity index (χ1n) is 13.1. The van der Waals surface area contributed by atoms with E-state index in [0.29, 0.717) is 37.4 Å². The fraction of sp³-hybridized carbons (Fsp3) is 0.538. The van der Waals surface area contributed by atoms with Gasteiger partial charge in [-0.25, -0.2) is 16.8 Å². The average Bonchev–Trinajstić information content (AvgIpc) is 2.91. The topological polar surface area (TPSA) is 175 Å². The molecule has 224 valence electrons. The SMILES string of the molecule is COc1cc2c(cc1ON)CCCN2CCCS(=O)(=O)[O-].COc1ccc2c(c1)N(CCCS(=O)(=O)[O-])CCC2.[Na+].[Na+]. The molecule has 2 aromatic rings. The summed E-state index contributed by atoms with van der Waals surface area (Å²) in [6, 6.07) is 9.63. The third-order valence-corrected chi connectivity index (χ3v) is 8.44. The third kappa shape index (κ3) is 12.3. The van der Waals surface area contributed by atoms with Crippen LogP contribution in [-0.2, 0) is 33.1 Å². The minimum Gasteiger partial charge on any atom is -0.748 e. The number of ether oxygens (including phenoxy) is 2. The van der Waals surface area contributed by atoms with Crippen molar-refractivity contribution in [2.24, 2.45) is 5.90 Å². The third-order valence-electron chi connectivity index (χ3n) is 6.86. The number of rotatable bonds is 11. The number of nitrogens with zero attached hydrogens (tertiary/aromatic N) is 2. The van der Waals surface area contributed by atoms with E-state index < -0.39 is 20.2 Å². The molecular weight excluding hydrogens is 608 g/mol. The Bertz CT molecular complexity index is 1360. The van der Waals surface area contributed by atoms with Crippen molar-refractivity contribution >= 4 is 31.6 Å². The molecule has 0 radical (unpaired) electrons. The average molecular weight is 646 g/mol. The number of aryl methyl sites for hydroxylation is 2. The van der Waals surface area contributed by atoms with Crippen molar-refractivity contribution in [3.05, 3.63) is 41.5 Å². The summed E-state index contributed by atoms with van der Waals surface area (Å²) in [5, 5.41) is 0. The van der Waals surface area contributed by atoms with E-state index >= 15 is 0 Å². The Labute approximate surface area is 293 Å². The molecule has 0 bridgehead atoms. The summed E-state index contributed by atoms with van der Waals surface area (Å²) in [4.78, 5) is 8.99. The zero-order chi connectivity index (χ0) is 29.3. The molecule has 0 saturated carbocycles. The summed E-state index contributed by atoms with van der Waals surface area (Å²) < 4.78 is 74.4. The van der Waals surface area contributed by atoms with Crippen molar-refractivity contribution in [3.8, 4) is 17.2 Å². The zero-order valence-electron chi connectivity index (χ0n) is 24.8. The predicted molar refractivity (Wildman–Crippen MR) is 150 cm³/mol. The second-order valence-corrected chi connectivity index (χ2v) is 12.7. The van der Waals surface area contributed by atoms with Gasteiger partial charge >= 0.3 is 59.1 Å². The van der Waals surface area contributed by atoms with Gasteiger partial charge in [0.25, 0.3) is 0 Å². The number of fused-ring (bicyclic) bond motifs is 2. The molecule has 0 aliphatic carbocycles. The Morgan fingerprint density at radius 2 is 1.29 bits per heavy atom. The zero-order valence-corrected chi connectivity index (χ0v) is 30.5. The summed E-state index contributed by atoms with van der Waals surface area (Å²) in [7, 11) is -5.13. The van der Waals surface area contributed by atoms with Crippen LogP contribution in [0.25, 0.3) is 0 Å². The van der Waals surface area contributed by atoms with Crippen LogP contribution in [0.2, 0.25) is 0 Å². The molecule has 2 aliphatic heterocycles. The van der Waals surface area contributed by atoms with Gasteiger partial charge in [0.05, 0.1) is 34.5 Å². The van der Waals surface area contributed by atoms with E-state index in [1.165, 1.54) is 12.7 Å². The number of hydrogen-bond donors (Lipinski definition) is 1. The molecule has 0 amide bonds. The van der Waals surface area contributed by atoms with Gasteiger partial charge in [0.15, 0.2) is 11.5 Å². The Hall–Kier alpha value is -0.780. The van der Waals surface area contributed by atoms with Crippen LogP contribution < -0.4 is 89.1 Å². The molecule has 0 saturated heterocycles. The van der Waals surface area contributed by atoms with E-state index in [1.54, 1.807) is 7.11 Å². The molecule has 2 N–H and O–H groups in total. The first-order chi connectivity index (χ1) is 18.9. The van der Waals surface area contributed by atoms with Gasteiger partial charge in [0.2, 0.25) is 0 Å². The van der Waals surface area contributed by atoms with Crippen LogP contribution in [0.3, 0.4) is 0 Å². The Morgan fingerprint density at radius 1 is 0.762 bits per heavy atom. The van der Waals surface area contributed by atoms with E-state index in [2.05, 4.69) is 9.80 Å². The molecular formula is C26H37N3Na2O9S2. The van der Waals surface area contributed by atoms with E-state index in [0.717, 1.165) is 61.5 Å². The number of nitrogens with two attached hydrogens (primary N) is 1. The summed E-state index contributed by atoms with van der Waals surface area (Å²) in [5.41, 5.74) is 4.39. The van der Waals surface area contributed by atoms with Gasteiger partial charge in [-0.15, -0.1) is 0 Å². The molecule has 2 aromatic carbocycles. The van der Waals surface area contributed by atoms with Gasteiger partial charge in [-0.05, 0) is 61.8 Å². The maximum atomic E-state index is 10.7. The van der Waals surface area contributed by atoms with Crippen LogP contribution in [0.5, 0.6) is 17.2 Å². The van der Waals surface area contributed by atoms with Gasteiger partial charge in [0.1, 0.15) is 5.75 Å².